The van der Waals surface area contributed by atoms with Crippen molar-refractivity contribution in [1.82, 2.24) is 10.6 Å². The summed E-state index contributed by atoms with van der Waals surface area (Å²) in [6.45, 7) is 3.53. The van der Waals surface area contributed by atoms with E-state index < -0.39 is 0 Å². The Morgan fingerprint density at radius 3 is 3.20 bits per heavy atom. The average molecular weight is 158 g/mol. The Balaban J connectivity index is 1.95. The number of hydrogen-bond donors (Lipinski definition) is 2. The van der Waals surface area contributed by atoms with Crippen molar-refractivity contribution in [1.29, 1.82) is 0 Å². The standard InChI is InChI=1S/C7H14N2S/c1-2-9-7-5-10-4-6(7)3-8-1/h6-9H,1-5H2. The lowest BCUT2D eigenvalue weighted by Gasteiger charge is -2.14. The van der Waals surface area contributed by atoms with E-state index in [2.05, 4.69) is 22.4 Å². The molecule has 0 amide bonds. The highest BCUT2D eigenvalue weighted by Gasteiger charge is 2.27. The summed E-state index contributed by atoms with van der Waals surface area (Å²) < 4.78 is 0. The first-order valence-electron chi connectivity index (χ1n) is 3.98. The Morgan fingerprint density at radius 1 is 1.20 bits per heavy atom. The van der Waals surface area contributed by atoms with Gasteiger partial charge in [0.1, 0.15) is 0 Å². The van der Waals surface area contributed by atoms with Crippen LogP contribution in [0, 0.1) is 5.92 Å². The van der Waals surface area contributed by atoms with Gasteiger partial charge in [-0.2, -0.15) is 11.8 Å². The average Bonchev–Trinajstić information content (AvgIpc) is 2.28. The van der Waals surface area contributed by atoms with Crippen molar-refractivity contribution < 1.29 is 0 Å². The molecule has 2 fully saturated rings. The number of nitrogens with one attached hydrogen (secondary N) is 2. The molecule has 0 aromatic carbocycles. The van der Waals surface area contributed by atoms with Gasteiger partial charge in [0.2, 0.25) is 0 Å². The number of fused-ring (bicyclic) bond motifs is 1. The molecule has 0 saturated carbocycles. The van der Waals surface area contributed by atoms with E-state index in [1.165, 1.54) is 18.1 Å². The zero-order chi connectivity index (χ0) is 6.81. The highest BCUT2D eigenvalue weighted by Crippen LogP contribution is 2.24. The van der Waals surface area contributed by atoms with Crippen molar-refractivity contribution in [3.8, 4) is 0 Å². The summed E-state index contributed by atoms with van der Waals surface area (Å²) >= 11 is 2.09. The molecule has 2 N–H and O–H groups in total. The van der Waals surface area contributed by atoms with Crippen molar-refractivity contribution >= 4 is 11.8 Å². The lowest BCUT2D eigenvalue weighted by Crippen LogP contribution is -2.35. The van der Waals surface area contributed by atoms with Crippen LogP contribution in [0.2, 0.25) is 0 Å². The van der Waals surface area contributed by atoms with Gasteiger partial charge in [-0.3, -0.25) is 0 Å². The van der Waals surface area contributed by atoms with Gasteiger partial charge >= 0.3 is 0 Å². The molecule has 2 atom stereocenters. The second-order valence-electron chi connectivity index (χ2n) is 3.06. The molecule has 10 heavy (non-hydrogen) atoms. The molecule has 58 valence electrons. The quantitative estimate of drug-likeness (QED) is 0.515. The van der Waals surface area contributed by atoms with Gasteiger partial charge < -0.3 is 10.6 Å². The van der Waals surface area contributed by atoms with Crippen molar-refractivity contribution in [2.75, 3.05) is 31.1 Å². The predicted molar refractivity (Wildman–Crippen MR) is 45.5 cm³/mol. The van der Waals surface area contributed by atoms with Crippen molar-refractivity contribution in [3.63, 3.8) is 0 Å². The summed E-state index contributed by atoms with van der Waals surface area (Å²) in [7, 11) is 0. The van der Waals surface area contributed by atoms with Crippen LogP contribution in [0.4, 0.5) is 0 Å². The van der Waals surface area contributed by atoms with Crippen LogP contribution in [-0.4, -0.2) is 37.2 Å². The minimum Gasteiger partial charge on any atom is -0.315 e. The third-order valence-electron chi connectivity index (χ3n) is 2.31. The van der Waals surface area contributed by atoms with Crippen LogP contribution in [-0.2, 0) is 0 Å². The Labute approximate surface area is 66.1 Å². The molecule has 3 heteroatoms. The normalized spacial score (nSPS) is 40.8. The van der Waals surface area contributed by atoms with Gasteiger partial charge in [0.05, 0.1) is 0 Å². The zero-order valence-corrected chi connectivity index (χ0v) is 6.91. The Kier molecular flexibility index (Phi) is 2.16. The Hall–Kier alpha value is 0.270. The summed E-state index contributed by atoms with van der Waals surface area (Å²) in [4.78, 5) is 0. The molecule has 0 spiro atoms. The monoisotopic (exact) mass is 158 g/mol. The molecule has 2 rings (SSSR count). The first-order chi connectivity index (χ1) is 4.97. The predicted octanol–water partition coefficient (Wildman–Crippen LogP) is -0.0892. The van der Waals surface area contributed by atoms with Gasteiger partial charge in [0.15, 0.2) is 0 Å². The molecular weight excluding hydrogens is 144 g/mol. The molecular formula is C7H14N2S. The van der Waals surface area contributed by atoms with Crippen LogP contribution < -0.4 is 10.6 Å². The van der Waals surface area contributed by atoms with Gasteiger partial charge in [0.25, 0.3) is 0 Å². The first kappa shape index (κ1) is 6.95. The molecule has 2 saturated heterocycles. The van der Waals surface area contributed by atoms with E-state index >= 15 is 0 Å². The number of hydrogen-bond acceptors (Lipinski definition) is 3. The lowest BCUT2D eigenvalue weighted by atomic mass is 10.1. The molecule has 0 aromatic rings. The molecule has 2 heterocycles. The van der Waals surface area contributed by atoms with Crippen LogP contribution in [0.5, 0.6) is 0 Å². The second-order valence-corrected chi connectivity index (χ2v) is 4.14. The van der Waals surface area contributed by atoms with Crippen LogP contribution in [0.15, 0.2) is 0 Å². The van der Waals surface area contributed by atoms with E-state index in [0.717, 1.165) is 25.0 Å². The molecule has 2 unspecified atom stereocenters. The van der Waals surface area contributed by atoms with Crippen LogP contribution in [0.3, 0.4) is 0 Å². The topological polar surface area (TPSA) is 24.1 Å². The molecule has 2 aliphatic heterocycles. The molecule has 0 radical (unpaired) electrons. The molecule has 0 aromatic heterocycles. The highest BCUT2D eigenvalue weighted by molar-refractivity contribution is 7.99. The molecule has 0 aliphatic carbocycles. The van der Waals surface area contributed by atoms with Gasteiger partial charge in [-0.05, 0) is 11.7 Å². The summed E-state index contributed by atoms with van der Waals surface area (Å²) in [6, 6.07) is 0.806. The maximum absolute atomic E-state index is 3.56. The van der Waals surface area contributed by atoms with Gasteiger partial charge in [-0.1, -0.05) is 0 Å². The van der Waals surface area contributed by atoms with Crippen LogP contribution in [0.25, 0.3) is 0 Å². The fourth-order valence-electron chi connectivity index (χ4n) is 1.66. The number of thioether (sulfide) groups is 1. The van der Waals surface area contributed by atoms with E-state index in [4.69, 9.17) is 0 Å². The van der Waals surface area contributed by atoms with E-state index in [1.54, 1.807) is 0 Å². The van der Waals surface area contributed by atoms with Crippen LogP contribution in [0.1, 0.15) is 0 Å². The molecule has 2 aliphatic rings. The van der Waals surface area contributed by atoms with E-state index in [9.17, 15) is 0 Å². The van der Waals surface area contributed by atoms with Crippen molar-refractivity contribution in [2.24, 2.45) is 5.92 Å². The van der Waals surface area contributed by atoms with Gasteiger partial charge in [0, 0.05) is 31.4 Å². The largest absolute Gasteiger partial charge is 0.315 e. The van der Waals surface area contributed by atoms with E-state index in [0.29, 0.717) is 0 Å². The van der Waals surface area contributed by atoms with E-state index in [-0.39, 0.29) is 0 Å². The molecule has 2 nitrogen and oxygen atoms in total. The second kappa shape index (κ2) is 3.11. The van der Waals surface area contributed by atoms with Crippen LogP contribution >= 0.6 is 11.8 Å². The minimum atomic E-state index is 0.806. The van der Waals surface area contributed by atoms with Gasteiger partial charge in [-0.15, -0.1) is 0 Å². The fourth-order valence-corrected chi connectivity index (χ4v) is 3.09. The third kappa shape index (κ3) is 1.31. The smallest absolute Gasteiger partial charge is 0.0207 e. The summed E-state index contributed by atoms with van der Waals surface area (Å²) in [5.74, 6) is 3.57. The third-order valence-corrected chi connectivity index (χ3v) is 3.57. The maximum atomic E-state index is 3.56. The highest BCUT2D eigenvalue weighted by atomic mass is 32.2. The Bertz CT molecular complexity index is 106. The fraction of sp³-hybridized carbons (Fsp3) is 1.00. The number of rotatable bonds is 0. The van der Waals surface area contributed by atoms with E-state index in [1.807, 2.05) is 0 Å². The lowest BCUT2D eigenvalue weighted by molar-refractivity contribution is 0.461. The summed E-state index contributed by atoms with van der Waals surface area (Å²) in [5.41, 5.74) is 0. The first-order valence-corrected chi connectivity index (χ1v) is 5.14. The minimum absolute atomic E-state index is 0.806. The molecule has 0 bridgehead atoms. The maximum Gasteiger partial charge on any atom is 0.0207 e. The SMILES string of the molecule is C1CNC2CSCC2CN1. The summed E-state index contributed by atoms with van der Waals surface area (Å²) in [6.07, 6.45) is 0. The Morgan fingerprint density at radius 2 is 2.20 bits per heavy atom. The zero-order valence-electron chi connectivity index (χ0n) is 6.10. The van der Waals surface area contributed by atoms with Crippen molar-refractivity contribution in [3.05, 3.63) is 0 Å². The van der Waals surface area contributed by atoms with Gasteiger partial charge in [-0.25, -0.2) is 0 Å². The van der Waals surface area contributed by atoms with Crippen molar-refractivity contribution in [2.45, 2.75) is 6.04 Å². The summed E-state index contributed by atoms with van der Waals surface area (Å²) in [5, 5.41) is 7.00.